The molecule has 5 heteroatoms. The van der Waals surface area contributed by atoms with E-state index in [0.717, 1.165) is 32.2 Å². The lowest BCUT2D eigenvalue weighted by Crippen LogP contribution is -2.45. The van der Waals surface area contributed by atoms with Gasteiger partial charge in [0.2, 0.25) is 0 Å². The van der Waals surface area contributed by atoms with Crippen LogP contribution in [0.3, 0.4) is 0 Å². The van der Waals surface area contributed by atoms with Crippen molar-refractivity contribution in [3.8, 4) is 0 Å². The smallest absolute Gasteiger partial charge is 0.375 e. The summed E-state index contributed by atoms with van der Waals surface area (Å²) in [6, 6.07) is 0. The molecular formula is C14H26F3NO. The van der Waals surface area contributed by atoms with Gasteiger partial charge in [0, 0.05) is 18.6 Å². The third kappa shape index (κ3) is 7.16. The molecule has 0 heterocycles. The van der Waals surface area contributed by atoms with Crippen molar-refractivity contribution in [3.63, 3.8) is 0 Å². The predicted molar refractivity (Wildman–Crippen MR) is 70.2 cm³/mol. The molecule has 19 heavy (non-hydrogen) atoms. The van der Waals surface area contributed by atoms with Crippen LogP contribution in [-0.2, 0) is 4.74 Å². The summed E-state index contributed by atoms with van der Waals surface area (Å²) in [5.74, 6) is 0. The van der Waals surface area contributed by atoms with E-state index in [-0.39, 0.29) is 24.2 Å². The fourth-order valence-electron chi connectivity index (χ4n) is 2.26. The molecule has 0 saturated heterocycles. The molecule has 1 aliphatic carbocycles. The number of nitrogens with one attached hydrogen (secondary N) is 1. The van der Waals surface area contributed by atoms with Crippen molar-refractivity contribution in [2.45, 2.75) is 76.6 Å². The summed E-state index contributed by atoms with van der Waals surface area (Å²) < 4.78 is 41.9. The predicted octanol–water partition coefficient (Wildman–Crippen LogP) is 4.05. The minimum atomic E-state index is -4.07. The Bertz CT molecular complexity index is 267. The van der Waals surface area contributed by atoms with Crippen molar-refractivity contribution in [2.24, 2.45) is 0 Å². The van der Waals surface area contributed by atoms with Crippen LogP contribution >= 0.6 is 0 Å². The number of alkyl halides is 3. The summed E-state index contributed by atoms with van der Waals surface area (Å²) in [6.07, 6.45) is -0.786. The molecule has 0 bridgehead atoms. The summed E-state index contributed by atoms with van der Waals surface area (Å²) in [4.78, 5) is 0. The molecule has 0 aromatic rings. The van der Waals surface area contributed by atoms with Crippen LogP contribution in [0.15, 0.2) is 0 Å². The largest absolute Gasteiger partial charge is 0.389 e. The quantitative estimate of drug-likeness (QED) is 0.711. The molecule has 1 saturated carbocycles. The van der Waals surface area contributed by atoms with Crippen molar-refractivity contribution >= 4 is 0 Å². The van der Waals surface area contributed by atoms with Crippen LogP contribution in [0.2, 0.25) is 0 Å². The zero-order valence-corrected chi connectivity index (χ0v) is 12.2. The first kappa shape index (κ1) is 16.8. The van der Waals surface area contributed by atoms with E-state index in [4.69, 9.17) is 4.74 Å². The molecule has 0 aromatic carbocycles. The third-order valence-electron chi connectivity index (χ3n) is 3.51. The van der Waals surface area contributed by atoms with Crippen LogP contribution in [-0.4, -0.2) is 30.5 Å². The van der Waals surface area contributed by atoms with Gasteiger partial charge in [-0.3, -0.25) is 0 Å². The molecule has 1 aliphatic rings. The van der Waals surface area contributed by atoms with Crippen molar-refractivity contribution in [1.82, 2.24) is 5.32 Å². The Balaban J connectivity index is 2.20. The fraction of sp³-hybridized carbons (Fsp3) is 1.00. The van der Waals surface area contributed by atoms with Gasteiger partial charge in [-0.05, 0) is 59.4 Å². The lowest BCUT2D eigenvalue weighted by atomic mass is 9.77. The molecule has 1 N–H and O–H groups in total. The minimum absolute atomic E-state index is 0.0674. The van der Waals surface area contributed by atoms with E-state index in [1.54, 1.807) is 0 Å². The maximum Gasteiger partial charge on any atom is 0.389 e. The highest BCUT2D eigenvalue weighted by atomic mass is 19.4. The van der Waals surface area contributed by atoms with Gasteiger partial charge in [-0.2, -0.15) is 13.2 Å². The summed E-state index contributed by atoms with van der Waals surface area (Å²) in [5, 5.41) is 3.40. The zero-order valence-electron chi connectivity index (χ0n) is 12.2. The van der Waals surface area contributed by atoms with Gasteiger partial charge in [0.05, 0.1) is 5.60 Å². The van der Waals surface area contributed by atoms with Crippen molar-refractivity contribution in [1.29, 1.82) is 0 Å². The first-order chi connectivity index (χ1) is 8.62. The number of rotatable bonds is 7. The SMILES string of the molecule is CC(C)(C)NCCC1(OCCCC(F)(F)F)CCC1. The van der Waals surface area contributed by atoms with Crippen molar-refractivity contribution in [2.75, 3.05) is 13.2 Å². The highest BCUT2D eigenvalue weighted by molar-refractivity contribution is 4.91. The zero-order chi connectivity index (χ0) is 14.6. The van der Waals surface area contributed by atoms with Crippen molar-refractivity contribution in [3.05, 3.63) is 0 Å². The normalized spacial score (nSPS) is 19.3. The molecule has 1 fully saturated rings. The van der Waals surface area contributed by atoms with Crippen molar-refractivity contribution < 1.29 is 17.9 Å². The van der Waals surface area contributed by atoms with E-state index < -0.39 is 12.6 Å². The van der Waals surface area contributed by atoms with Gasteiger partial charge < -0.3 is 10.1 Å². The molecule has 0 unspecified atom stereocenters. The van der Waals surface area contributed by atoms with Gasteiger partial charge in [0.1, 0.15) is 0 Å². The van der Waals surface area contributed by atoms with Crippen LogP contribution in [0.4, 0.5) is 13.2 Å². The van der Waals surface area contributed by atoms with Gasteiger partial charge in [-0.15, -0.1) is 0 Å². The second-order valence-electron chi connectivity index (χ2n) is 6.53. The molecule has 0 spiro atoms. The van der Waals surface area contributed by atoms with Crippen LogP contribution in [0.1, 0.15) is 59.3 Å². The van der Waals surface area contributed by atoms with E-state index >= 15 is 0 Å². The Hall–Kier alpha value is -0.290. The second-order valence-corrected chi connectivity index (χ2v) is 6.53. The first-order valence-electron chi connectivity index (χ1n) is 7.08. The molecule has 114 valence electrons. The highest BCUT2D eigenvalue weighted by Gasteiger charge is 2.38. The van der Waals surface area contributed by atoms with E-state index in [2.05, 4.69) is 26.1 Å². The maximum absolute atomic E-state index is 12.0. The molecule has 1 rings (SSSR count). The van der Waals surface area contributed by atoms with E-state index in [1.807, 2.05) is 0 Å². The highest BCUT2D eigenvalue weighted by Crippen LogP contribution is 2.38. The maximum atomic E-state index is 12.0. The van der Waals surface area contributed by atoms with Gasteiger partial charge in [0.15, 0.2) is 0 Å². The number of ether oxygens (including phenoxy) is 1. The Morgan fingerprint density at radius 1 is 1.16 bits per heavy atom. The van der Waals surface area contributed by atoms with Crippen LogP contribution < -0.4 is 5.32 Å². The molecule has 0 aromatic heterocycles. The van der Waals surface area contributed by atoms with Gasteiger partial charge >= 0.3 is 6.18 Å². The second kappa shape index (κ2) is 6.44. The lowest BCUT2D eigenvalue weighted by Gasteiger charge is -2.42. The molecular weight excluding hydrogens is 255 g/mol. The summed E-state index contributed by atoms with van der Waals surface area (Å²) >= 11 is 0. The van der Waals surface area contributed by atoms with E-state index in [0.29, 0.717) is 0 Å². The number of hydrogen-bond donors (Lipinski definition) is 1. The average Bonchev–Trinajstić information content (AvgIpc) is 2.16. The van der Waals surface area contributed by atoms with Gasteiger partial charge in [0.25, 0.3) is 0 Å². The van der Waals surface area contributed by atoms with E-state index in [9.17, 15) is 13.2 Å². The van der Waals surface area contributed by atoms with Crippen LogP contribution in [0, 0.1) is 0 Å². The van der Waals surface area contributed by atoms with Gasteiger partial charge in [-0.25, -0.2) is 0 Å². The average molecular weight is 281 g/mol. The molecule has 0 atom stereocenters. The number of hydrogen-bond acceptors (Lipinski definition) is 2. The summed E-state index contributed by atoms with van der Waals surface area (Å²) in [7, 11) is 0. The Kier molecular flexibility index (Phi) is 5.68. The Labute approximate surface area is 114 Å². The Morgan fingerprint density at radius 2 is 1.79 bits per heavy atom. The van der Waals surface area contributed by atoms with E-state index in [1.165, 1.54) is 0 Å². The number of halogens is 3. The first-order valence-corrected chi connectivity index (χ1v) is 7.08. The standard InChI is InChI=1S/C14H26F3NO/c1-12(2,3)18-10-9-13(6-4-7-13)19-11-5-8-14(15,16)17/h18H,4-11H2,1-3H3. The van der Waals surface area contributed by atoms with Crippen LogP contribution in [0.25, 0.3) is 0 Å². The third-order valence-corrected chi connectivity index (χ3v) is 3.51. The summed E-state index contributed by atoms with van der Waals surface area (Å²) in [6.45, 7) is 7.37. The lowest BCUT2D eigenvalue weighted by molar-refractivity contribution is -0.148. The van der Waals surface area contributed by atoms with Gasteiger partial charge in [-0.1, -0.05) is 0 Å². The molecule has 2 nitrogen and oxygen atoms in total. The van der Waals surface area contributed by atoms with Crippen LogP contribution in [0.5, 0.6) is 0 Å². The topological polar surface area (TPSA) is 21.3 Å². The fourth-order valence-corrected chi connectivity index (χ4v) is 2.26. The Morgan fingerprint density at radius 3 is 2.21 bits per heavy atom. The summed E-state index contributed by atoms with van der Waals surface area (Å²) in [5.41, 5.74) is -0.0922. The minimum Gasteiger partial charge on any atom is -0.375 e. The molecule has 0 radical (unpaired) electrons. The monoisotopic (exact) mass is 281 g/mol. The molecule has 0 amide bonds. The molecule has 0 aliphatic heterocycles.